The standard InChI is InChI=1S/C15H23ClN2.ClH/c1-2-3-4-8-17-9-11-18(12-10-17)15-7-5-6-14(16)13-15;/h5-7,13H,2-4,8-12H2,1H3;1H. The molecule has 0 aromatic heterocycles. The molecule has 1 aliphatic heterocycles. The minimum atomic E-state index is 0. The monoisotopic (exact) mass is 302 g/mol. The quantitative estimate of drug-likeness (QED) is 0.756. The van der Waals surface area contributed by atoms with Gasteiger partial charge in [0, 0.05) is 36.9 Å². The Morgan fingerprint density at radius 3 is 2.47 bits per heavy atom. The second-order valence-corrected chi connectivity index (χ2v) is 5.45. The van der Waals surface area contributed by atoms with Gasteiger partial charge in [-0.3, -0.25) is 4.90 Å². The van der Waals surface area contributed by atoms with Crippen molar-refractivity contribution in [3.8, 4) is 0 Å². The number of hydrogen-bond acceptors (Lipinski definition) is 2. The van der Waals surface area contributed by atoms with Gasteiger partial charge in [0.2, 0.25) is 0 Å². The lowest BCUT2D eigenvalue weighted by Gasteiger charge is -2.36. The van der Waals surface area contributed by atoms with Crippen molar-refractivity contribution in [1.82, 2.24) is 4.90 Å². The van der Waals surface area contributed by atoms with Crippen LogP contribution in [0.25, 0.3) is 0 Å². The first-order valence-corrected chi connectivity index (χ1v) is 7.40. The van der Waals surface area contributed by atoms with Crippen molar-refractivity contribution >= 4 is 29.7 Å². The molecule has 0 atom stereocenters. The highest BCUT2D eigenvalue weighted by molar-refractivity contribution is 6.30. The molecule has 0 unspecified atom stereocenters. The fraction of sp³-hybridized carbons (Fsp3) is 0.600. The Morgan fingerprint density at radius 1 is 1.11 bits per heavy atom. The van der Waals surface area contributed by atoms with Gasteiger partial charge in [0.05, 0.1) is 0 Å². The molecule has 0 spiro atoms. The number of piperazine rings is 1. The summed E-state index contributed by atoms with van der Waals surface area (Å²) in [6, 6.07) is 8.18. The van der Waals surface area contributed by atoms with Gasteiger partial charge in [-0.15, -0.1) is 12.4 Å². The van der Waals surface area contributed by atoms with Crippen LogP contribution >= 0.6 is 24.0 Å². The third-order valence-electron chi connectivity index (χ3n) is 3.62. The molecule has 108 valence electrons. The molecular formula is C15H24Cl2N2. The zero-order valence-corrected chi connectivity index (χ0v) is 13.2. The van der Waals surface area contributed by atoms with E-state index in [1.54, 1.807) is 0 Å². The Labute approximate surface area is 128 Å². The molecule has 0 radical (unpaired) electrons. The normalized spacial score (nSPS) is 16.2. The summed E-state index contributed by atoms with van der Waals surface area (Å²) in [7, 11) is 0. The fourth-order valence-electron chi connectivity index (χ4n) is 2.49. The Morgan fingerprint density at radius 2 is 1.84 bits per heavy atom. The molecule has 1 aliphatic rings. The Kier molecular flexibility index (Phi) is 7.59. The second kappa shape index (κ2) is 8.68. The van der Waals surface area contributed by atoms with Gasteiger partial charge < -0.3 is 4.90 Å². The third kappa shape index (κ3) is 5.21. The lowest BCUT2D eigenvalue weighted by Crippen LogP contribution is -2.46. The van der Waals surface area contributed by atoms with Crippen molar-refractivity contribution in [1.29, 1.82) is 0 Å². The molecule has 1 aromatic rings. The zero-order valence-electron chi connectivity index (χ0n) is 11.6. The molecule has 2 nitrogen and oxygen atoms in total. The third-order valence-corrected chi connectivity index (χ3v) is 3.86. The van der Waals surface area contributed by atoms with Gasteiger partial charge in [0.15, 0.2) is 0 Å². The van der Waals surface area contributed by atoms with Crippen LogP contribution < -0.4 is 4.90 Å². The largest absolute Gasteiger partial charge is 0.369 e. The molecule has 1 saturated heterocycles. The Bertz CT molecular complexity index is 363. The molecule has 0 saturated carbocycles. The molecule has 0 aliphatic carbocycles. The first-order valence-electron chi connectivity index (χ1n) is 7.02. The van der Waals surface area contributed by atoms with Crippen LogP contribution in [0.1, 0.15) is 26.2 Å². The van der Waals surface area contributed by atoms with Crippen molar-refractivity contribution in [2.45, 2.75) is 26.2 Å². The zero-order chi connectivity index (χ0) is 12.8. The van der Waals surface area contributed by atoms with Gasteiger partial charge in [0.1, 0.15) is 0 Å². The number of halogens is 2. The number of hydrogen-bond donors (Lipinski definition) is 0. The SMILES string of the molecule is CCCCCN1CCN(c2cccc(Cl)c2)CC1.Cl. The maximum absolute atomic E-state index is 6.04. The lowest BCUT2D eigenvalue weighted by molar-refractivity contribution is 0.252. The first kappa shape index (κ1) is 16.6. The smallest absolute Gasteiger partial charge is 0.0426 e. The van der Waals surface area contributed by atoms with Gasteiger partial charge in [0.25, 0.3) is 0 Å². The average Bonchev–Trinajstić information content (AvgIpc) is 2.40. The summed E-state index contributed by atoms with van der Waals surface area (Å²) in [4.78, 5) is 5.01. The van der Waals surface area contributed by atoms with E-state index in [9.17, 15) is 0 Å². The second-order valence-electron chi connectivity index (χ2n) is 5.02. The summed E-state index contributed by atoms with van der Waals surface area (Å²) in [5, 5.41) is 0.831. The fourth-order valence-corrected chi connectivity index (χ4v) is 2.67. The number of rotatable bonds is 5. The molecule has 4 heteroatoms. The van der Waals surface area contributed by atoms with Crippen LogP contribution in [0.5, 0.6) is 0 Å². The topological polar surface area (TPSA) is 6.48 Å². The number of benzene rings is 1. The van der Waals surface area contributed by atoms with E-state index in [0.717, 1.165) is 18.1 Å². The molecule has 1 heterocycles. The van der Waals surface area contributed by atoms with Crippen molar-refractivity contribution < 1.29 is 0 Å². The van der Waals surface area contributed by atoms with E-state index >= 15 is 0 Å². The van der Waals surface area contributed by atoms with Gasteiger partial charge in [-0.1, -0.05) is 37.4 Å². The summed E-state index contributed by atoms with van der Waals surface area (Å²) in [5.74, 6) is 0. The molecule has 0 N–H and O–H groups in total. The molecule has 2 rings (SSSR count). The van der Waals surface area contributed by atoms with Crippen LogP contribution in [0.15, 0.2) is 24.3 Å². The van der Waals surface area contributed by atoms with Crippen LogP contribution in [0.4, 0.5) is 5.69 Å². The van der Waals surface area contributed by atoms with Crippen LogP contribution in [0.2, 0.25) is 5.02 Å². The van der Waals surface area contributed by atoms with E-state index in [0.29, 0.717) is 0 Å². The maximum atomic E-state index is 6.04. The molecule has 0 bridgehead atoms. The van der Waals surface area contributed by atoms with E-state index in [4.69, 9.17) is 11.6 Å². The average molecular weight is 303 g/mol. The molecular weight excluding hydrogens is 279 g/mol. The summed E-state index contributed by atoms with van der Waals surface area (Å²) < 4.78 is 0. The first-order chi connectivity index (χ1) is 8.79. The number of unbranched alkanes of at least 4 members (excludes halogenated alkanes) is 2. The van der Waals surface area contributed by atoms with Crippen LogP contribution in [0, 0.1) is 0 Å². The van der Waals surface area contributed by atoms with Crippen LogP contribution in [-0.4, -0.2) is 37.6 Å². The molecule has 0 amide bonds. The molecule has 1 fully saturated rings. The van der Waals surface area contributed by atoms with Gasteiger partial charge in [-0.25, -0.2) is 0 Å². The Hall–Kier alpha value is -0.440. The van der Waals surface area contributed by atoms with E-state index in [2.05, 4.69) is 28.9 Å². The predicted octanol–water partition coefficient (Wildman–Crippen LogP) is 4.07. The highest BCUT2D eigenvalue weighted by Gasteiger charge is 2.16. The van der Waals surface area contributed by atoms with Crippen molar-refractivity contribution in [3.05, 3.63) is 29.3 Å². The molecule has 19 heavy (non-hydrogen) atoms. The van der Waals surface area contributed by atoms with E-state index in [-0.39, 0.29) is 12.4 Å². The van der Waals surface area contributed by atoms with Crippen LogP contribution in [-0.2, 0) is 0 Å². The number of nitrogens with zero attached hydrogens (tertiary/aromatic N) is 2. The molecule has 1 aromatic carbocycles. The maximum Gasteiger partial charge on any atom is 0.0426 e. The number of anilines is 1. The van der Waals surface area contributed by atoms with E-state index < -0.39 is 0 Å². The minimum Gasteiger partial charge on any atom is -0.369 e. The summed E-state index contributed by atoms with van der Waals surface area (Å²) in [5.41, 5.74) is 1.26. The predicted molar refractivity (Wildman–Crippen MR) is 86.9 cm³/mol. The highest BCUT2D eigenvalue weighted by atomic mass is 35.5. The van der Waals surface area contributed by atoms with Gasteiger partial charge >= 0.3 is 0 Å². The lowest BCUT2D eigenvalue weighted by atomic mass is 10.2. The minimum absolute atomic E-state index is 0. The summed E-state index contributed by atoms with van der Waals surface area (Å²) >= 11 is 6.04. The van der Waals surface area contributed by atoms with Crippen molar-refractivity contribution in [2.24, 2.45) is 0 Å². The van der Waals surface area contributed by atoms with E-state index in [1.165, 1.54) is 44.6 Å². The summed E-state index contributed by atoms with van der Waals surface area (Å²) in [6.45, 7) is 8.11. The van der Waals surface area contributed by atoms with Gasteiger partial charge in [-0.2, -0.15) is 0 Å². The van der Waals surface area contributed by atoms with Crippen LogP contribution in [0.3, 0.4) is 0 Å². The summed E-state index contributed by atoms with van der Waals surface area (Å²) in [6.07, 6.45) is 4.00. The van der Waals surface area contributed by atoms with E-state index in [1.807, 2.05) is 12.1 Å². The Balaban J connectivity index is 0.00000180. The van der Waals surface area contributed by atoms with Crippen molar-refractivity contribution in [3.63, 3.8) is 0 Å². The highest BCUT2D eigenvalue weighted by Crippen LogP contribution is 2.20. The van der Waals surface area contributed by atoms with Gasteiger partial charge in [-0.05, 0) is 31.2 Å². The van der Waals surface area contributed by atoms with Crippen molar-refractivity contribution in [2.75, 3.05) is 37.6 Å².